The molecule has 0 radical (unpaired) electrons. The number of benzene rings is 2. The standard InChI is InChI=1S/C20H26O.Na.H/c1-2-3-4-5-6-8-13-18-14-11-12-17-20(18)21-19-15-9-7-10-16-19;;/h7,9-12,14-17H,2-6,8,13H2,1H3;;. The molecule has 0 spiro atoms. The molecule has 0 aliphatic carbocycles. The zero-order chi connectivity index (χ0) is 14.8. The summed E-state index contributed by atoms with van der Waals surface area (Å²) in [5, 5.41) is 0. The van der Waals surface area contributed by atoms with Gasteiger partial charge in [-0.25, -0.2) is 0 Å². The molecule has 0 amide bonds. The molecule has 2 aromatic carbocycles. The van der Waals surface area contributed by atoms with Gasteiger partial charge >= 0.3 is 29.6 Å². The third kappa shape index (κ3) is 7.00. The molecular weight excluding hydrogens is 279 g/mol. The Morgan fingerprint density at radius 3 is 2.14 bits per heavy atom. The summed E-state index contributed by atoms with van der Waals surface area (Å²) in [6.45, 7) is 2.26. The molecule has 1 nitrogen and oxygen atoms in total. The van der Waals surface area contributed by atoms with E-state index in [9.17, 15) is 0 Å². The van der Waals surface area contributed by atoms with Gasteiger partial charge in [0.05, 0.1) is 0 Å². The van der Waals surface area contributed by atoms with Gasteiger partial charge in [0.1, 0.15) is 11.5 Å². The van der Waals surface area contributed by atoms with Gasteiger partial charge in [-0.15, -0.1) is 0 Å². The third-order valence-electron chi connectivity index (χ3n) is 3.74. The van der Waals surface area contributed by atoms with Gasteiger partial charge in [0, 0.05) is 0 Å². The van der Waals surface area contributed by atoms with Crippen molar-refractivity contribution in [3.63, 3.8) is 0 Å². The van der Waals surface area contributed by atoms with E-state index in [0.717, 1.165) is 17.9 Å². The van der Waals surface area contributed by atoms with Crippen LogP contribution in [0.5, 0.6) is 11.5 Å². The van der Waals surface area contributed by atoms with Crippen LogP contribution in [0.2, 0.25) is 0 Å². The maximum absolute atomic E-state index is 6.01. The molecule has 2 heteroatoms. The molecule has 2 aromatic rings. The summed E-state index contributed by atoms with van der Waals surface area (Å²) in [7, 11) is 0. The van der Waals surface area contributed by atoms with Crippen LogP contribution in [0.3, 0.4) is 0 Å². The minimum atomic E-state index is 0. The van der Waals surface area contributed by atoms with E-state index in [4.69, 9.17) is 4.74 Å². The van der Waals surface area contributed by atoms with Crippen LogP contribution in [0.4, 0.5) is 0 Å². The fraction of sp³-hybridized carbons (Fsp3) is 0.400. The molecule has 0 saturated carbocycles. The molecule has 0 unspecified atom stereocenters. The molecule has 2 rings (SSSR count). The summed E-state index contributed by atoms with van der Waals surface area (Å²) in [6.07, 6.45) is 9.09. The number of unbranched alkanes of at least 4 members (excludes halogenated alkanes) is 5. The van der Waals surface area contributed by atoms with Gasteiger partial charge in [-0.05, 0) is 36.6 Å². The second-order valence-corrected chi connectivity index (χ2v) is 5.54. The zero-order valence-corrected chi connectivity index (χ0v) is 13.1. The van der Waals surface area contributed by atoms with Crippen LogP contribution in [0.1, 0.15) is 51.0 Å². The van der Waals surface area contributed by atoms with E-state index in [-0.39, 0.29) is 29.6 Å². The predicted molar refractivity (Wildman–Crippen MR) is 97.2 cm³/mol. The van der Waals surface area contributed by atoms with Crippen molar-refractivity contribution in [2.45, 2.75) is 51.9 Å². The summed E-state index contributed by atoms with van der Waals surface area (Å²) in [5.74, 6) is 1.91. The van der Waals surface area contributed by atoms with Crippen LogP contribution in [0, 0.1) is 0 Å². The topological polar surface area (TPSA) is 9.23 Å². The Morgan fingerprint density at radius 2 is 1.36 bits per heavy atom. The fourth-order valence-corrected chi connectivity index (χ4v) is 2.52. The Bertz CT molecular complexity index is 510. The number of ether oxygens (including phenoxy) is 1. The Kier molecular flexibility index (Phi) is 10.3. The summed E-state index contributed by atoms with van der Waals surface area (Å²) in [5.41, 5.74) is 1.32. The molecule has 0 atom stereocenters. The van der Waals surface area contributed by atoms with Gasteiger partial charge in [0.15, 0.2) is 0 Å². The third-order valence-corrected chi connectivity index (χ3v) is 3.74. The van der Waals surface area contributed by atoms with Crippen molar-refractivity contribution >= 4 is 29.6 Å². The number of hydrogen-bond acceptors (Lipinski definition) is 1. The Hall–Kier alpha value is -0.760. The molecule has 0 heterocycles. The van der Waals surface area contributed by atoms with E-state index in [1.807, 2.05) is 36.4 Å². The first kappa shape index (κ1) is 19.3. The molecule has 0 N–H and O–H groups in total. The van der Waals surface area contributed by atoms with E-state index in [1.54, 1.807) is 0 Å². The van der Waals surface area contributed by atoms with E-state index in [0.29, 0.717) is 0 Å². The molecule has 0 fully saturated rings. The predicted octanol–water partition coefficient (Wildman–Crippen LogP) is 5.73. The van der Waals surface area contributed by atoms with Crippen LogP contribution in [-0.2, 0) is 6.42 Å². The minimum absolute atomic E-state index is 0. The van der Waals surface area contributed by atoms with Crippen LogP contribution in [0.25, 0.3) is 0 Å². The second-order valence-electron chi connectivity index (χ2n) is 5.54. The van der Waals surface area contributed by atoms with Crippen molar-refractivity contribution < 1.29 is 4.74 Å². The van der Waals surface area contributed by atoms with Gasteiger partial charge in [-0.2, -0.15) is 0 Å². The van der Waals surface area contributed by atoms with E-state index in [1.165, 1.54) is 44.1 Å². The van der Waals surface area contributed by atoms with E-state index >= 15 is 0 Å². The van der Waals surface area contributed by atoms with Crippen molar-refractivity contribution in [3.8, 4) is 11.5 Å². The Morgan fingerprint density at radius 1 is 0.727 bits per heavy atom. The molecule has 0 bridgehead atoms. The second kappa shape index (κ2) is 11.8. The van der Waals surface area contributed by atoms with E-state index < -0.39 is 0 Å². The van der Waals surface area contributed by atoms with Gasteiger partial charge in [-0.1, -0.05) is 75.4 Å². The maximum atomic E-state index is 6.01. The van der Waals surface area contributed by atoms with Gasteiger partial charge in [0.25, 0.3) is 0 Å². The van der Waals surface area contributed by atoms with Crippen molar-refractivity contribution in [3.05, 3.63) is 60.2 Å². The first-order valence-corrected chi connectivity index (χ1v) is 8.21. The first-order valence-electron chi connectivity index (χ1n) is 8.21. The zero-order valence-electron chi connectivity index (χ0n) is 13.1. The van der Waals surface area contributed by atoms with Crippen LogP contribution < -0.4 is 4.74 Å². The molecule has 0 saturated heterocycles. The monoisotopic (exact) mass is 306 g/mol. The number of rotatable bonds is 9. The van der Waals surface area contributed by atoms with E-state index in [2.05, 4.69) is 25.1 Å². The van der Waals surface area contributed by atoms with Crippen LogP contribution >= 0.6 is 0 Å². The summed E-state index contributed by atoms with van der Waals surface area (Å²) < 4.78 is 6.01. The summed E-state index contributed by atoms with van der Waals surface area (Å²) >= 11 is 0. The van der Waals surface area contributed by atoms with Crippen molar-refractivity contribution in [2.75, 3.05) is 0 Å². The SMILES string of the molecule is CCCCCCCCc1ccccc1Oc1ccccc1.[NaH]. The van der Waals surface area contributed by atoms with Gasteiger partial charge in [-0.3, -0.25) is 0 Å². The molecular formula is C20H27NaO. The van der Waals surface area contributed by atoms with Crippen LogP contribution in [-0.4, -0.2) is 29.6 Å². The normalized spacial score (nSPS) is 10.0. The molecule has 22 heavy (non-hydrogen) atoms. The quantitative estimate of drug-likeness (QED) is 0.424. The summed E-state index contributed by atoms with van der Waals surface area (Å²) in [4.78, 5) is 0. The van der Waals surface area contributed by atoms with Crippen molar-refractivity contribution in [2.24, 2.45) is 0 Å². The number of aryl methyl sites for hydroxylation is 1. The number of hydrogen-bond donors (Lipinski definition) is 0. The fourth-order valence-electron chi connectivity index (χ4n) is 2.52. The molecule has 0 aromatic heterocycles. The molecule has 114 valence electrons. The molecule has 0 aliphatic rings. The van der Waals surface area contributed by atoms with Crippen LogP contribution in [0.15, 0.2) is 54.6 Å². The average Bonchev–Trinajstić information content (AvgIpc) is 2.53. The first-order chi connectivity index (χ1) is 10.4. The summed E-state index contributed by atoms with van der Waals surface area (Å²) in [6, 6.07) is 18.4. The van der Waals surface area contributed by atoms with Gasteiger partial charge in [0.2, 0.25) is 0 Å². The average molecular weight is 306 g/mol. The van der Waals surface area contributed by atoms with Gasteiger partial charge < -0.3 is 4.74 Å². The Labute approximate surface area is 157 Å². The molecule has 0 aliphatic heterocycles. The van der Waals surface area contributed by atoms with Crippen molar-refractivity contribution in [1.82, 2.24) is 0 Å². The number of para-hydroxylation sites is 2. The Balaban J connectivity index is 0.00000242. The van der Waals surface area contributed by atoms with Crippen molar-refractivity contribution in [1.29, 1.82) is 0 Å².